The number of hydrogen-bond donors (Lipinski definition) is 0. The van der Waals surface area contributed by atoms with Crippen molar-refractivity contribution in [3.63, 3.8) is 0 Å². The highest BCUT2D eigenvalue weighted by molar-refractivity contribution is 5.54. The first-order valence-electron chi connectivity index (χ1n) is 9.95. The number of rotatable bonds is 3. The summed E-state index contributed by atoms with van der Waals surface area (Å²) in [4.78, 5) is 17.0. The van der Waals surface area contributed by atoms with Gasteiger partial charge in [-0.3, -0.25) is 4.90 Å². The van der Waals surface area contributed by atoms with Crippen LogP contribution in [0.2, 0.25) is 0 Å². The molecule has 0 N–H and O–H groups in total. The summed E-state index contributed by atoms with van der Waals surface area (Å²) in [6, 6.07) is 11.5. The first-order chi connectivity index (χ1) is 12.8. The molecule has 5 rings (SSSR count). The maximum absolute atomic E-state index is 4.74. The van der Waals surface area contributed by atoms with Gasteiger partial charge in [0.05, 0.1) is 11.7 Å². The second kappa shape index (κ2) is 6.54. The average molecular weight is 349 g/mol. The highest BCUT2D eigenvalue weighted by Crippen LogP contribution is 2.38. The minimum Gasteiger partial charge on any atom is -0.366 e. The van der Waals surface area contributed by atoms with Crippen molar-refractivity contribution < 1.29 is 0 Å². The molecule has 26 heavy (non-hydrogen) atoms. The van der Waals surface area contributed by atoms with Gasteiger partial charge in [0.2, 0.25) is 0 Å². The normalized spacial score (nSPS) is 25.4. The van der Waals surface area contributed by atoms with Crippen molar-refractivity contribution in [1.29, 1.82) is 0 Å². The average Bonchev–Trinajstić information content (AvgIpc) is 3.28. The van der Waals surface area contributed by atoms with E-state index in [9.17, 15) is 0 Å². The Balaban J connectivity index is 1.41. The van der Waals surface area contributed by atoms with Gasteiger partial charge in [0.25, 0.3) is 0 Å². The van der Waals surface area contributed by atoms with Crippen LogP contribution in [0.1, 0.15) is 24.6 Å². The lowest BCUT2D eigenvalue weighted by atomic mass is 10.0. The van der Waals surface area contributed by atoms with Crippen molar-refractivity contribution >= 4 is 11.5 Å². The van der Waals surface area contributed by atoms with E-state index in [1.165, 1.54) is 35.7 Å². The number of anilines is 2. The molecule has 0 radical (unpaired) electrons. The molecule has 1 aromatic heterocycles. The second-order valence-electron chi connectivity index (χ2n) is 7.79. The Hall–Kier alpha value is -2.14. The standard InChI is InChI=1S/C21H27N5/c1-2-24-10-9-19-18(13-24)21(23-15-22-19)25-12-16-8-11-26(20(16)14-25)17-6-4-3-5-7-17/h3-7,15-16,20H,2,8-14H2,1H3/t16-,20-/m1/s1. The zero-order valence-corrected chi connectivity index (χ0v) is 15.5. The van der Waals surface area contributed by atoms with E-state index < -0.39 is 0 Å². The first-order valence-corrected chi connectivity index (χ1v) is 9.95. The van der Waals surface area contributed by atoms with E-state index in [4.69, 9.17) is 4.98 Å². The molecule has 2 saturated heterocycles. The smallest absolute Gasteiger partial charge is 0.136 e. The van der Waals surface area contributed by atoms with E-state index in [0.29, 0.717) is 6.04 Å². The molecule has 3 aliphatic heterocycles. The Morgan fingerprint density at radius 1 is 1.08 bits per heavy atom. The van der Waals surface area contributed by atoms with Crippen LogP contribution in [0.15, 0.2) is 36.7 Å². The fourth-order valence-electron chi connectivity index (χ4n) is 5.00. The van der Waals surface area contributed by atoms with Crippen molar-refractivity contribution in [2.24, 2.45) is 5.92 Å². The summed E-state index contributed by atoms with van der Waals surface area (Å²) in [5.41, 5.74) is 3.99. The third-order valence-corrected chi connectivity index (χ3v) is 6.44. The van der Waals surface area contributed by atoms with Crippen LogP contribution in [0.5, 0.6) is 0 Å². The van der Waals surface area contributed by atoms with Crippen LogP contribution in [-0.2, 0) is 13.0 Å². The van der Waals surface area contributed by atoms with Gasteiger partial charge >= 0.3 is 0 Å². The molecule has 5 heteroatoms. The topological polar surface area (TPSA) is 35.5 Å². The Morgan fingerprint density at radius 2 is 1.96 bits per heavy atom. The molecule has 2 atom stereocenters. The number of hydrogen-bond acceptors (Lipinski definition) is 5. The summed E-state index contributed by atoms with van der Waals surface area (Å²) in [5.74, 6) is 1.93. The van der Waals surface area contributed by atoms with Gasteiger partial charge in [0.1, 0.15) is 12.1 Å². The monoisotopic (exact) mass is 349 g/mol. The lowest BCUT2D eigenvalue weighted by Gasteiger charge is -2.31. The summed E-state index contributed by atoms with van der Waals surface area (Å²) in [7, 11) is 0. The van der Waals surface area contributed by atoms with E-state index in [0.717, 1.165) is 45.1 Å². The van der Waals surface area contributed by atoms with Crippen LogP contribution in [0.4, 0.5) is 11.5 Å². The van der Waals surface area contributed by atoms with Crippen LogP contribution < -0.4 is 9.80 Å². The van der Waals surface area contributed by atoms with Crippen LogP contribution in [0.25, 0.3) is 0 Å². The molecule has 3 aliphatic rings. The zero-order chi connectivity index (χ0) is 17.5. The largest absolute Gasteiger partial charge is 0.366 e. The molecule has 4 heterocycles. The van der Waals surface area contributed by atoms with Gasteiger partial charge in [-0.2, -0.15) is 0 Å². The van der Waals surface area contributed by atoms with E-state index in [-0.39, 0.29) is 0 Å². The summed E-state index contributed by atoms with van der Waals surface area (Å²) < 4.78 is 0. The lowest BCUT2D eigenvalue weighted by molar-refractivity contribution is 0.265. The number of aromatic nitrogens is 2. The molecule has 136 valence electrons. The van der Waals surface area contributed by atoms with Gasteiger partial charge in [0, 0.05) is 56.3 Å². The van der Waals surface area contributed by atoms with E-state index in [2.05, 4.69) is 56.9 Å². The van der Waals surface area contributed by atoms with Gasteiger partial charge in [-0.15, -0.1) is 0 Å². The minimum absolute atomic E-state index is 0.605. The van der Waals surface area contributed by atoms with Gasteiger partial charge in [-0.1, -0.05) is 25.1 Å². The molecule has 2 fully saturated rings. The molecule has 0 saturated carbocycles. The Kier molecular flexibility index (Phi) is 4.04. The predicted molar refractivity (Wildman–Crippen MR) is 105 cm³/mol. The lowest BCUT2D eigenvalue weighted by Crippen LogP contribution is -2.37. The predicted octanol–water partition coefficient (Wildman–Crippen LogP) is 2.57. The molecule has 1 aromatic carbocycles. The maximum Gasteiger partial charge on any atom is 0.136 e. The van der Waals surface area contributed by atoms with E-state index in [1.807, 2.05) is 0 Å². The zero-order valence-electron chi connectivity index (χ0n) is 15.5. The molecule has 5 nitrogen and oxygen atoms in total. The van der Waals surface area contributed by atoms with Crippen LogP contribution in [0, 0.1) is 5.92 Å². The first kappa shape index (κ1) is 16.1. The van der Waals surface area contributed by atoms with Gasteiger partial charge in [-0.05, 0) is 25.1 Å². The molecular formula is C21H27N5. The number of fused-ring (bicyclic) bond motifs is 2. The second-order valence-corrected chi connectivity index (χ2v) is 7.79. The van der Waals surface area contributed by atoms with Crippen LogP contribution >= 0.6 is 0 Å². The Labute approximate surface area is 155 Å². The fraction of sp³-hybridized carbons (Fsp3) is 0.524. The maximum atomic E-state index is 4.74. The van der Waals surface area contributed by atoms with Crippen molar-refractivity contribution in [3.8, 4) is 0 Å². The fourth-order valence-corrected chi connectivity index (χ4v) is 5.00. The summed E-state index contributed by atoms with van der Waals surface area (Å²) >= 11 is 0. The summed E-state index contributed by atoms with van der Waals surface area (Å²) in [6.07, 6.45) is 4.11. The van der Waals surface area contributed by atoms with E-state index >= 15 is 0 Å². The third-order valence-electron chi connectivity index (χ3n) is 6.44. The molecule has 0 unspecified atom stereocenters. The third kappa shape index (κ3) is 2.65. The number of para-hydroxylation sites is 1. The number of nitrogens with zero attached hydrogens (tertiary/aromatic N) is 5. The van der Waals surface area contributed by atoms with Gasteiger partial charge in [0.15, 0.2) is 0 Å². The van der Waals surface area contributed by atoms with Crippen molar-refractivity contribution in [1.82, 2.24) is 14.9 Å². The van der Waals surface area contributed by atoms with Crippen LogP contribution in [-0.4, -0.2) is 53.6 Å². The number of likely N-dealkylation sites (N-methyl/N-ethyl adjacent to an activating group) is 1. The minimum atomic E-state index is 0.605. The highest BCUT2D eigenvalue weighted by Gasteiger charge is 2.42. The van der Waals surface area contributed by atoms with Crippen LogP contribution in [0.3, 0.4) is 0 Å². The Morgan fingerprint density at radius 3 is 2.81 bits per heavy atom. The molecule has 2 aromatic rings. The summed E-state index contributed by atoms with van der Waals surface area (Å²) in [5, 5.41) is 0. The summed E-state index contributed by atoms with van der Waals surface area (Å²) in [6.45, 7) is 8.84. The number of benzene rings is 1. The Bertz CT molecular complexity index is 777. The molecule has 0 spiro atoms. The van der Waals surface area contributed by atoms with Gasteiger partial charge in [-0.25, -0.2) is 9.97 Å². The molecule has 0 aliphatic carbocycles. The van der Waals surface area contributed by atoms with Gasteiger partial charge < -0.3 is 9.80 Å². The van der Waals surface area contributed by atoms with E-state index in [1.54, 1.807) is 6.33 Å². The molecular weight excluding hydrogens is 322 g/mol. The van der Waals surface area contributed by atoms with Crippen molar-refractivity contribution in [3.05, 3.63) is 47.9 Å². The molecule has 0 amide bonds. The SMILES string of the molecule is CCN1CCc2ncnc(N3C[C@H]4CCN(c5ccccc5)[C@@H]4C3)c2C1. The van der Waals surface area contributed by atoms with Crippen molar-refractivity contribution in [2.75, 3.05) is 42.5 Å². The highest BCUT2D eigenvalue weighted by atomic mass is 15.3. The quantitative estimate of drug-likeness (QED) is 0.851. The molecule has 0 bridgehead atoms. The van der Waals surface area contributed by atoms with Crippen molar-refractivity contribution in [2.45, 2.75) is 32.4 Å².